The predicted molar refractivity (Wildman–Crippen MR) is 64.1 cm³/mol. The van der Waals surface area contributed by atoms with Gasteiger partial charge in [0.25, 0.3) is 0 Å². The Kier molecular flexibility index (Phi) is 3.25. The molecule has 0 aliphatic heterocycles. The standard InChI is InChI=1S/C11H17N3OS/c1-6-5-16-11(13-6)9(8-3-4-8)14-10(15)7(2)12/h5,7-9H,3-4,12H2,1-2H3,(H,14,15). The molecule has 88 valence electrons. The van der Waals surface area contributed by atoms with E-state index in [9.17, 15) is 4.79 Å². The highest BCUT2D eigenvalue weighted by atomic mass is 32.1. The number of nitrogens with two attached hydrogens (primary N) is 1. The Labute approximate surface area is 99.3 Å². The Hall–Kier alpha value is -0.940. The topological polar surface area (TPSA) is 68.0 Å². The van der Waals surface area contributed by atoms with Crippen molar-refractivity contribution in [1.29, 1.82) is 0 Å². The number of hydrogen-bond donors (Lipinski definition) is 2. The predicted octanol–water partition coefficient (Wildman–Crippen LogP) is 1.37. The number of aryl methyl sites for hydroxylation is 1. The fourth-order valence-electron chi connectivity index (χ4n) is 1.61. The first-order valence-electron chi connectivity index (χ1n) is 5.56. The van der Waals surface area contributed by atoms with Gasteiger partial charge < -0.3 is 11.1 Å². The Balaban J connectivity index is 2.09. The van der Waals surface area contributed by atoms with Crippen LogP contribution in [0.25, 0.3) is 0 Å². The van der Waals surface area contributed by atoms with Crippen LogP contribution in [-0.2, 0) is 4.79 Å². The monoisotopic (exact) mass is 239 g/mol. The molecule has 3 N–H and O–H groups in total. The van der Waals surface area contributed by atoms with Gasteiger partial charge in [-0.15, -0.1) is 11.3 Å². The van der Waals surface area contributed by atoms with E-state index in [1.165, 1.54) is 12.8 Å². The van der Waals surface area contributed by atoms with E-state index in [0.29, 0.717) is 5.92 Å². The van der Waals surface area contributed by atoms with Gasteiger partial charge in [-0.2, -0.15) is 0 Å². The molecule has 1 fully saturated rings. The summed E-state index contributed by atoms with van der Waals surface area (Å²) in [6.07, 6.45) is 2.34. The lowest BCUT2D eigenvalue weighted by atomic mass is 10.2. The van der Waals surface area contributed by atoms with Crippen LogP contribution >= 0.6 is 11.3 Å². The normalized spacial score (nSPS) is 19.2. The number of carbonyl (C=O) groups is 1. The van der Waals surface area contributed by atoms with Gasteiger partial charge in [0.05, 0.1) is 12.1 Å². The molecule has 1 aromatic heterocycles. The fraction of sp³-hybridized carbons (Fsp3) is 0.636. The number of nitrogens with zero attached hydrogens (tertiary/aromatic N) is 1. The molecule has 1 saturated carbocycles. The van der Waals surface area contributed by atoms with Crippen molar-refractivity contribution in [3.63, 3.8) is 0 Å². The average Bonchev–Trinajstić information content (AvgIpc) is 2.97. The van der Waals surface area contributed by atoms with Crippen LogP contribution in [0.3, 0.4) is 0 Å². The summed E-state index contributed by atoms with van der Waals surface area (Å²) in [6.45, 7) is 3.67. The second kappa shape index (κ2) is 4.51. The van der Waals surface area contributed by atoms with Gasteiger partial charge in [-0.1, -0.05) is 0 Å². The Morgan fingerprint density at radius 1 is 1.69 bits per heavy atom. The molecule has 2 unspecified atom stereocenters. The highest BCUT2D eigenvalue weighted by molar-refractivity contribution is 7.09. The third kappa shape index (κ3) is 2.59. The van der Waals surface area contributed by atoms with Crippen LogP contribution in [0, 0.1) is 12.8 Å². The van der Waals surface area contributed by atoms with Crippen molar-refractivity contribution >= 4 is 17.2 Å². The van der Waals surface area contributed by atoms with Crippen LogP contribution in [0.4, 0.5) is 0 Å². The van der Waals surface area contributed by atoms with Gasteiger partial charge in [-0.05, 0) is 32.6 Å². The molecule has 0 spiro atoms. The number of amides is 1. The van der Waals surface area contributed by atoms with Gasteiger partial charge in [0.15, 0.2) is 0 Å². The minimum Gasteiger partial charge on any atom is -0.345 e. The maximum absolute atomic E-state index is 11.6. The minimum atomic E-state index is -0.456. The third-order valence-electron chi connectivity index (χ3n) is 2.71. The highest BCUT2D eigenvalue weighted by Gasteiger charge is 2.35. The number of hydrogen-bond acceptors (Lipinski definition) is 4. The first kappa shape index (κ1) is 11.5. The second-order valence-electron chi connectivity index (χ2n) is 4.44. The zero-order valence-corrected chi connectivity index (χ0v) is 10.4. The molecule has 2 atom stereocenters. The first-order valence-corrected chi connectivity index (χ1v) is 6.44. The van der Waals surface area contributed by atoms with Crippen molar-refractivity contribution in [2.45, 2.75) is 38.8 Å². The lowest BCUT2D eigenvalue weighted by Gasteiger charge is -2.17. The molecule has 0 radical (unpaired) electrons. The molecular weight excluding hydrogens is 222 g/mol. The molecule has 0 bridgehead atoms. The van der Waals surface area contributed by atoms with Crippen LogP contribution in [0.2, 0.25) is 0 Å². The summed E-state index contributed by atoms with van der Waals surface area (Å²) in [5.74, 6) is 0.456. The minimum absolute atomic E-state index is 0.0669. The van der Waals surface area contributed by atoms with Crippen molar-refractivity contribution in [3.05, 3.63) is 16.1 Å². The van der Waals surface area contributed by atoms with E-state index >= 15 is 0 Å². The van der Waals surface area contributed by atoms with Crippen LogP contribution in [0.15, 0.2) is 5.38 Å². The summed E-state index contributed by atoms with van der Waals surface area (Å²) in [6, 6.07) is -0.389. The number of aromatic nitrogens is 1. The van der Waals surface area contributed by atoms with Gasteiger partial charge in [0.2, 0.25) is 5.91 Å². The summed E-state index contributed by atoms with van der Waals surface area (Å²) in [5, 5.41) is 6.02. The van der Waals surface area contributed by atoms with E-state index in [-0.39, 0.29) is 11.9 Å². The smallest absolute Gasteiger partial charge is 0.237 e. The molecule has 1 aromatic rings. The van der Waals surface area contributed by atoms with Gasteiger partial charge in [0.1, 0.15) is 5.01 Å². The Morgan fingerprint density at radius 3 is 2.81 bits per heavy atom. The number of nitrogens with one attached hydrogen (secondary N) is 1. The first-order chi connectivity index (χ1) is 7.58. The molecule has 4 nitrogen and oxygen atoms in total. The SMILES string of the molecule is Cc1csc(C(NC(=O)C(C)N)C2CC2)n1. The Morgan fingerprint density at radius 2 is 2.38 bits per heavy atom. The molecule has 2 rings (SSSR count). The van der Waals surface area contributed by atoms with Gasteiger partial charge in [0, 0.05) is 11.1 Å². The molecule has 1 amide bonds. The van der Waals surface area contributed by atoms with E-state index in [1.54, 1.807) is 18.3 Å². The summed E-state index contributed by atoms with van der Waals surface area (Å²) < 4.78 is 0. The van der Waals surface area contributed by atoms with E-state index in [1.807, 2.05) is 12.3 Å². The van der Waals surface area contributed by atoms with Crippen LogP contribution < -0.4 is 11.1 Å². The van der Waals surface area contributed by atoms with Gasteiger partial charge in [-0.25, -0.2) is 4.98 Å². The molecule has 1 aliphatic carbocycles. The van der Waals surface area contributed by atoms with Crippen molar-refractivity contribution in [2.24, 2.45) is 11.7 Å². The fourth-order valence-corrected chi connectivity index (χ4v) is 2.55. The lowest BCUT2D eigenvalue weighted by Crippen LogP contribution is -2.40. The summed E-state index contributed by atoms with van der Waals surface area (Å²) in [4.78, 5) is 16.1. The van der Waals surface area contributed by atoms with Crippen molar-refractivity contribution in [3.8, 4) is 0 Å². The summed E-state index contributed by atoms with van der Waals surface area (Å²) >= 11 is 1.61. The number of thiazole rings is 1. The molecule has 0 aromatic carbocycles. The molecule has 1 aliphatic rings. The molecular formula is C11H17N3OS. The van der Waals surface area contributed by atoms with Gasteiger partial charge in [-0.3, -0.25) is 4.79 Å². The molecule has 16 heavy (non-hydrogen) atoms. The van der Waals surface area contributed by atoms with Crippen molar-refractivity contribution in [2.75, 3.05) is 0 Å². The van der Waals surface area contributed by atoms with Crippen LogP contribution in [0.5, 0.6) is 0 Å². The van der Waals surface area contributed by atoms with Crippen molar-refractivity contribution < 1.29 is 4.79 Å². The van der Waals surface area contributed by atoms with Crippen LogP contribution in [0.1, 0.15) is 36.5 Å². The maximum atomic E-state index is 11.6. The van der Waals surface area contributed by atoms with E-state index in [4.69, 9.17) is 5.73 Å². The molecule has 5 heteroatoms. The molecule has 0 saturated heterocycles. The molecule has 1 heterocycles. The quantitative estimate of drug-likeness (QED) is 0.833. The Bertz CT molecular complexity index is 384. The van der Waals surface area contributed by atoms with E-state index < -0.39 is 6.04 Å². The zero-order chi connectivity index (χ0) is 11.7. The summed E-state index contributed by atoms with van der Waals surface area (Å²) in [7, 11) is 0. The van der Waals surface area contributed by atoms with E-state index in [2.05, 4.69) is 10.3 Å². The number of rotatable bonds is 4. The van der Waals surface area contributed by atoms with Crippen molar-refractivity contribution in [1.82, 2.24) is 10.3 Å². The maximum Gasteiger partial charge on any atom is 0.237 e. The largest absolute Gasteiger partial charge is 0.345 e. The third-order valence-corrected chi connectivity index (χ3v) is 3.75. The summed E-state index contributed by atoms with van der Waals surface area (Å²) in [5.41, 5.74) is 6.57. The van der Waals surface area contributed by atoms with Gasteiger partial charge >= 0.3 is 0 Å². The lowest BCUT2D eigenvalue weighted by molar-refractivity contribution is -0.122. The second-order valence-corrected chi connectivity index (χ2v) is 5.33. The van der Waals surface area contributed by atoms with E-state index in [0.717, 1.165) is 10.7 Å². The average molecular weight is 239 g/mol. The zero-order valence-electron chi connectivity index (χ0n) is 9.56. The highest BCUT2D eigenvalue weighted by Crippen LogP contribution is 2.41. The van der Waals surface area contributed by atoms with Crippen LogP contribution in [-0.4, -0.2) is 16.9 Å². The number of carbonyl (C=O) groups excluding carboxylic acids is 1.